The maximum atomic E-state index is 12.0. The zero-order chi connectivity index (χ0) is 18.5. The highest BCUT2D eigenvalue weighted by Crippen LogP contribution is 2.39. The number of carbonyl (C=O) groups is 1. The Labute approximate surface area is 159 Å². The first kappa shape index (κ1) is 16.1. The van der Waals surface area contributed by atoms with E-state index in [2.05, 4.69) is 38.1 Å². The molecule has 0 N–H and O–H groups in total. The lowest BCUT2D eigenvalue weighted by molar-refractivity contribution is 0.111. The summed E-state index contributed by atoms with van der Waals surface area (Å²) < 4.78 is 12.8. The van der Waals surface area contributed by atoms with E-state index in [-0.39, 0.29) is 6.79 Å². The van der Waals surface area contributed by atoms with Gasteiger partial charge < -0.3 is 9.47 Å². The molecule has 0 fully saturated rings. The summed E-state index contributed by atoms with van der Waals surface area (Å²) in [5.41, 5.74) is 5.32. The summed E-state index contributed by atoms with van der Waals surface area (Å²) in [6.45, 7) is 4.34. The Balaban J connectivity index is 1.74. The predicted octanol–water partition coefficient (Wildman–Crippen LogP) is 4.89. The lowest BCUT2D eigenvalue weighted by Gasteiger charge is -2.06. The first-order chi connectivity index (χ1) is 13.2. The van der Waals surface area contributed by atoms with Gasteiger partial charge in [-0.25, -0.2) is 4.98 Å². The molecule has 27 heavy (non-hydrogen) atoms. The van der Waals surface area contributed by atoms with E-state index in [9.17, 15) is 4.79 Å². The lowest BCUT2D eigenvalue weighted by Crippen LogP contribution is -1.95. The third-order valence-corrected chi connectivity index (χ3v) is 5.72. The van der Waals surface area contributed by atoms with E-state index in [0.29, 0.717) is 22.9 Å². The quantitative estimate of drug-likeness (QED) is 0.478. The van der Waals surface area contributed by atoms with Crippen molar-refractivity contribution in [2.45, 2.75) is 13.8 Å². The molecule has 0 bridgehead atoms. The smallest absolute Gasteiger partial charge is 0.231 e. The molecule has 0 saturated carbocycles. The number of carbonyl (C=O) groups excluding carboxylic acids is 1. The van der Waals surface area contributed by atoms with Crippen molar-refractivity contribution in [1.29, 1.82) is 0 Å². The van der Waals surface area contributed by atoms with E-state index in [4.69, 9.17) is 14.5 Å². The molecule has 2 aromatic carbocycles. The van der Waals surface area contributed by atoms with Crippen LogP contribution in [0.15, 0.2) is 42.5 Å². The number of nitrogens with zero attached hydrogens (tertiary/aromatic N) is 2. The third kappa shape index (κ3) is 2.44. The molecule has 0 amide bonds. The minimum Gasteiger partial charge on any atom is -0.454 e. The van der Waals surface area contributed by atoms with Gasteiger partial charge in [0, 0.05) is 10.4 Å². The molecule has 5 rings (SSSR count). The van der Waals surface area contributed by atoms with Crippen molar-refractivity contribution in [2.75, 3.05) is 6.79 Å². The highest BCUT2D eigenvalue weighted by Gasteiger charge is 2.22. The Morgan fingerprint density at radius 3 is 2.56 bits per heavy atom. The first-order valence-electron chi connectivity index (χ1n) is 8.60. The Hall–Kier alpha value is -3.12. The van der Waals surface area contributed by atoms with Crippen molar-refractivity contribution in [3.05, 3.63) is 58.6 Å². The Morgan fingerprint density at radius 1 is 1.04 bits per heavy atom. The Kier molecular flexibility index (Phi) is 3.55. The van der Waals surface area contributed by atoms with Gasteiger partial charge in [0.1, 0.15) is 11.4 Å². The molecule has 5 nitrogen and oxygen atoms in total. The molecule has 4 aromatic rings. The van der Waals surface area contributed by atoms with Gasteiger partial charge in [-0.1, -0.05) is 29.8 Å². The molecular weight excluding hydrogens is 360 g/mol. The van der Waals surface area contributed by atoms with Gasteiger partial charge in [-0.05, 0) is 37.6 Å². The molecule has 0 radical (unpaired) electrons. The standard InChI is InChI=1S/C21H16N2O3S/c1-12-3-5-14(6-4-12)20-13(2)27-21-22-19(16(10-24)23(20)21)15-7-8-17-18(9-15)26-11-25-17/h3-10H,11H2,1-2H3. The van der Waals surface area contributed by atoms with E-state index in [1.807, 2.05) is 22.6 Å². The van der Waals surface area contributed by atoms with Crippen molar-refractivity contribution in [3.63, 3.8) is 0 Å². The second-order valence-corrected chi connectivity index (χ2v) is 7.70. The van der Waals surface area contributed by atoms with Crippen LogP contribution in [0.2, 0.25) is 0 Å². The van der Waals surface area contributed by atoms with Crippen LogP contribution in [0.4, 0.5) is 0 Å². The Bertz CT molecular complexity index is 1190. The molecule has 1 aliphatic rings. The summed E-state index contributed by atoms with van der Waals surface area (Å²) in [6.07, 6.45) is 0.879. The molecular formula is C21H16N2O3S. The van der Waals surface area contributed by atoms with Crippen LogP contribution in [-0.4, -0.2) is 22.5 Å². The molecule has 0 saturated heterocycles. The van der Waals surface area contributed by atoms with E-state index in [0.717, 1.165) is 32.9 Å². The van der Waals surface area contributed by atoms with Gasteiger partial charge >= 0.3 is 0 Å². The summed E-state index contributed by atoms with van der Waals surface area (Å²) in [5, 5.41) is 0. The summed E-state index contributed by atoms with van der Waals surface area (Å²) >= 11 is 1.59. The van der Waals surface area contributed by atoms with Gasteiger partial charge in [0.2, 0.25) is 6.79 Å². The van der Waals surface area contributed by atoms with Crippen molar-refractivity contribution in [1.82, 2.24) is 9.38 Å². The molecule has 134 valence electrons. The second-order valence-electron chi connectivity index (χ2n) is 6.52. The fourth-order valence-corrected chi connectivity index (χ4v) is 4.45. The van der Waals surface area contributed by atoms with Crippen LogP contribution in [0.1, 0.15) is 20.9 Å². The van der Waals surface area contributed by atoms with Gasteiger partial charge in [0.05, 0.1) is 5.69 Å². The zero-order valence-electron chi connectivity index (χ0n) is 14.9. The normalized spacial score (nSPS) is 12.7. The van der Waals surface area contributed by atoms with Crippen LogP contribution >= 0.6 is 11.3 Å². The molecule has 0 unspecified atom stereocenters. The topological polar surface area (TPSA) is 52.8 Å². The molecule has 0 spiro atoms. The van der Waals surface area contributed by atoms with Crippen molar-refractivity contribution in [3.8, 4) is 34.0 Å². The van der Waals surface area contributed by atoms with Crippen LogP contribution < -0.4 is 9.47 Å². The molecule has 1 aliphatic heterocycles. The van der Waals surface area contributed by atoms with E-state index >= 15 is 0 Å². The van der Waals surface area contributed by atoms with Gasteiger partial charge in [-0.3, -0.25) is 9.20 Å². The van der Waals surface area contributed by atoms with Gasteiger partial charge in [0.25, 0.3) is 0 Å². The molecule has 6 heteroatoms. The van der Waals surface area contributed by atoms with Crippen LogP contribution in [-0.2, 0) is 0 Å². The molecule has 0 atom stereocenters. The van der Waals surface area contributed by atoms with E-state index < -0.39 is 0 Å². The summed E-state index contributed by atoms with van der Waals surface area (Å²) in [4.78, 5) is 18.7. The maximum absolute atomic E-state index is 12.0. The minimum absolute atomic E-state index is 0.217. The average molecular weight is 376 g/mol. The number of imidazole rings is 1. The number of thiazole rings is 1. The van der Waals surface area contributed by atoms with Crippen LogP contribution in [0.5, 0.6) is 11.5 Å². The largest absolute Gasteiger partial charge is 0.454 e. The van der Waals surface area contributed by atoms with Crippen molar-refractivity contribution in [2.24, 2.45) is 0 Å². The minimum atomic E-state index is 0.217. The van der Waals surface area contributed by atoms with Crippen LogP contribution in [0.3, 0.4) is 0 Å². The number of aromatic nitrogens is 2. The number of hydrogen-bond acceptors (Lipinski definition) is 5. The lowest BCUT2D eigenvalue weighted by atomic mass is 10.1. The van der Waals surface area contributed by atoms with Gasteiger partial charge in [0.15, 0.2) is 22.7 Å². The van der Waals surface area contributed by atoms with Crippen LogP contribution in [0.25, 0.3) is 27.5 Å². The highest BCUT2D eigenvalue weighted by molar-refractivity contribution is 7.17. The number of hydrogen-bond donors (Lipinski definition) is 0. The second kappa shape index (κ2) is 5.96. The summed E-state index contributed by atoms with van der Waals surface area (Å²) in [7, 11) is 0. The molecule has 2 aromatic heterocycles. The predicted molar refractivity (Wildman–Crippen MR) is 105 cm³/mol. The van der Waals surface area contributed by atoms with Gasteiger partial charge in [-0.15, -0.1) is 11.3 Å². The molecule has 0 aliphatic carbocycles. The number of aryl methyl sites for hydroxylation is 2. The summed E-state index contributed by atoms with van der Waals surface area (Å²) in [5.74, 6) is 1.39. The number of rotatable bonds is 3. The van der Waals surface area contributed by atoms with E-state index in [1.54, 1.807) is 11.3 Å². The highest BCUT2D eigenvalue weighted by atomic mass is 32.1. The Morgan fingerprint density at radius 2 is 1.78 bits per heavy atom. The first-order valence-corrected chi connectivity index (χ1v) is 9.41. The summed E-state index contributed by atoms with van der Waals surface area (Å²) in [6, 6.07) is 14.0. The number of aldehydes is 1. The van der Waals surface area contributed by atoms with Crippen LogP contribution in [0, 0.1) is 13.8 Å². The van der Waals surface area contributed by atoms with Crippen molar-refractivity contribution < 1.29 is 14.3 Å². The monoisotopic (exact) mass is 376 g/mol. The van der Waals surface area contributed by atoms with Gasteiger partial charge in [-0.2, -0.15) is 0 Å². The average Bonchev–Trinajstić information content (AvgIpc) is 3.34. The third-order valence-electron chi connectivity index (χ3n) is 4.77. The SMILES string of the molecule is Cc1ccc(-c2c(C)sc3nc(-c4ccc5c(c4)OCO5)c(C=O)n23)cc1. The fourth-order valence-electron chi connectivity index (χ4n) is 3.45. The van der Waals surface area contributed by atoms with E-state index in [1.165, 1.54) is 5.56 Å². The maximum Gasteiger partial charge on any atom is 0.231 e. The van der Waals surface area contributed by atoms with Crippen molar-refractivity contribution >= 4 is 22.6 Å². The zero-order valence-corrected chi connectivity index (χ0v) is 15.7. The number of ether oxygens (including phenoxy) is 2. The fraction of sp³-hybridized carbons (Fsp3) is 0.143. The number of fused-ring (bicyclic) bond motifs is 2. The molecule has 3 heterocycles. The number of benzene rings is 2.